The first-order valence-corrected chi connectivity index (χ1v) is 6.92. The van der Waals surface area contributed by atoms with E-state index in [4.69, 9.17) is 26.8 Å². The van der Waals surface area contributed by atoms with Gasteiger partial charge >= 0.3 is 5.97 Å². The third kappa shape index (κ3) is 3.89. The van der Waals surface area contributed by atoms with Crippen molar-refractivity contribution in [3.05, 3.63) is 58.6 Å². The van der Waals surface area contributed by atoms with Crippen molar-refractivity contribution in [1.29, 1.82) is 0 Å². The molecule has 5 heteroatoms. The second kappa shape index (κ2) is 6.99. The van der Waals surface area contributed by atoms with Crippen LogP contribution in [0.3, 0.4) is 0 Å². The van der Waals surface area contributed by atoms with Crippen LogP contribution in [0.2, 0.25) is 5.02 Å². The summed E-state index contributed by atoms with van der Waals surface area (Å²) >= 11 is 5.92. The van der Waals surface area contributed by atoms with Gasteiger partial charge in [0.25, 0.3) is 0 Å². The molecule has 0 bridgehead atoms. The molecule has 0 aromatic heterocycles. The molecule has 0 fully saturated rings. The van der Waals surface area contributed by atoms with E-state index in [0.29, 0.717) is 29.5 Å². The van der Waals surface area contributed by atoms with E-state index in [1.165, 1.54) is 0 Å². The van der Waals surface area contributed by atoms with Crippen LogP contribution in [0.25, 0.3) is 0 Å². The summed E-state index contributed by atoms with van der Waals surface area (Å²) in [6.07, 6.45) is 0. The van der Waals surface area contributed by atoms with Gasteiger partial charge in [-0.3, -0.25) is 0 Å². The fourth-order valence-electron chi connectivity index (χ4n) is 1.84. The molecule has 4 nitrogen and oxygen atoms in total. The summed E-state index contributed by atoms with van der Waals surface area (Å²) in [7, 11) is 0. The average Bonchev–Trinajstić information content (AvgIpc) is 2.46. The average molecular weight is 306 g/mol. The number of esters is 1. The van der Waals surface area contributed by atoms with Crippen LogP contribution in [0.15, 0.2) is 42.5 Å². The number of anilines is 1. The van der Waals surface area contributed by atoms with Gasteiger partial charge in [0.05, 0.1) is 17.9 Å². The number of para-hydroxylation sites is 1. The lowest BCUT2D eigenvalue weighted by atomic mass is 10.1. The quantitative estimate of drug-likeness (QED) is 0.676. The molecule has 0 atom stereocenters. The number of carbonyl (C=O) groups is 1. The van der Waals surface area contributed by atoms with Crippen LogP contribution < -0.4 is 10.5 Å². The number of nitrogens with two attached hydrogens (primary N) is 1. The molecule has 2 aromatic rings. The number of ether oxygens (including phenoxy) is 2. The molecule has 2 N–H and O–H groups in total. The minimum Gasteiger partial charge on any atom is -0.487 e. The first-order chi connectivity index (χ1) is 10.1. The summed E-state index contributed by atoms with van der Waals surface area (Å²) in [4.78, 5) is 11.8. The number of halogens is 1. The van der Waals surface area contributed by atoms with Gasteiger partial charge in [-0.05, 0) is 36.8 Å². The SMILES string of the molecule is CCOC(=O)c1cccc(OCc2cccc(Cl)c2)c1N. The van der Waals surface area contributed by atoms with Crippen molar-refractivity contribution in [2.75, 3.05) is 12.3 Å². The second-order valence-corrected chi connectivity index (χ2v) is 4.79. The van der Waals surface area contributed by atoms with E-state index in [-0.39, 0.29) is 5.69 Å². The maximum atomic E-state index is 11.8. The van der Waals surface area contributed by atoms with E-state index in [1.54, 1.807) is 31.2 Å². The van der Waals surface area contributed by atoms with Crippen molar-refractivity contribution in [1.82, 2.24) is 0 Å². The van der Waals surface area contributed by atoms with Crippen LogP contribution in [0.1, 0.15) is 22.8 Å². The Morgan fingerprint density at radius 3 is 2.71 bits per heavy atom. The summed E-state index contributed by atoms with van der Waals surface area (Å²) in [6.45, 7) is 2.36. The topological polar surface area (TPSA) is 61.5 Å². The summed E-state index contributed by atoms with van der Waals surface area (Å²) in [6, 6.07) is 12.4. The highest BCUT2D eigenvalue weighted by molar-refractivity contribution is 6.30. The van der Waals surface area contributed by atoms with Gasteiger partial charge in [0.2, 0.25) is 0 Å². The van der Waals surface area contributed by atoms with Crippen molar-refractivity contribution >= 4 is 23.3 Å². The fourth-order valence-corrected chi connectivity index (χ4v) is 2.06. The zero-order chi connectivity index (χ0) is 15.2. The van der Waals surface area contributed by atoms with Gasteiger partial charge in [-0.1, -0.05) is 29.8 Å². The van der Waals surface area contributed by atoms with Crippen molar-refractivity contribution in [3.63, 3.8) is 0 Å². The molecule has 0 heterocycles. The number of hydrogen-bond acceptors (Lipinski definition) is 4. The Balaban J connectivity index is 2.13. The third-order valence-corrected chi connectivity index (χ3v) is 3.08. The number of rotatable bonds is 5. The predicted molar refractivity (Wildman–Crippen MR) is 82.6 cm³/mol. The molecule has 0 amide bonds. The third-order valence-electron chi connectivity index (χ3n) is 2.84. The highest BCUT2D eigenvalue weighted by Crippen LogP contribution is 2.27. The van der Waals surface area contributed by atoms with Crippen molar-refractivity contribution in [3.8, 4) is 5.75 Å². The molecule has 0 radical (unpaired) electrons. The number of nitrogen functional groups attached to an aromatic ring is 1. The van der Waals surface area contributed by atoms with Gasteiger partial charge in [0, 0.05) is 5.02 Å². The first-order valence-electron chi connectivity index (χ1n) is 6.54. The van der Waals surface area contributed by atoms with Crippen LogP contribution in [0, 0.1) is 0 Å². The Morgan fingerprint density at radius 1 is 1.24 bits per heavy atom. The second-order valence-electron chi connectivity index (χ2n) is 4.36. The Labute approximate surface area is 128 Å². The van der Waals surface area contributed by atoms with Crippen molar-refractivity contribution in [2.24, 2.45) is 0 Å². The number of carbonyl (C=O) groups excluding carboxylic acids is 1. The standard InChI is InChI=1S/C16H16ClNO3/c1-2-20-16(19)13-7-4-8-14(15(13)18)21-10-11-5-3-6-12(17)9-11/h3-9H,2,10,18H2,1H3. The molecule has 0 aliphatic heterocycles. The van der Waals surface area contributed by atoms with Gasteiger partial charge < -0.3 is 15.2 Å². The molecule has 0 spiro atoms. The summed E-state index contributed by atoms with van der Waals surface area (Å²) in [5.41, 5.74) is 7.46. The smallest absolute Gasteiger partial charge is 0.340 e. The minimum atomic E-state index is -0.455. The Hall–Kier alpha value is -2.20. The van der Waals surface area contributed by atoms with Gasteiger partial charge in [-0.2, -0.15) is 0 Å². The summed E-state index contributed by atoms with van der Waals surface area (Å²) in [5.74, 6) is -0.0104. The van der Waals surface area contributed by atoms with Gasteiger partial charge in [0.1, 0.15) is 12.4 Å². The molecular weight excluding hydrogens is 290 g/mol. The lowest BCUT2D eigenvalue weighted by Gasteiger charge is -2.12. The molecule has 0 saturated carbocycles. The molecule has 110 valence electrons. The van der Waals surface area contributed by atoms with Crippen LogP contribution in [0.4, 0.5) is 5.69 Å². The van der Waals surface area contributed by atoms with Gasteiger partial charge in [0.15, 0.2) is 0 Å². The predicted octanol–water partition coefficient (Wildman–Crippen LogP) is 3.68. The fraction of sp³-hybridized carbons (Fsp3) is 0.188. The Bertz CT molecular complexity index is 643. The first kappa shape index (κ1) is 15.2. The van der Waals surface area contributed by atoms with E-state index in [1.807, 2.05) is 18.2 Å². The monoisotopic (exact) mass is 305 g/mol. The molecular formula is C16H16ClNO3. The van der Waals surface area contributed by atoms with E-state index in [0.717, 1.165) is 5.56 Å². The number of benzene rings is 2. The zero-order valence-corrected chi connectivity index (χ0v) is 12.4. The molecule has 21 heavy (non-hydrogen) atoms. The van der Waals surface area contributed by atoms with E-state index in [9.17, 15) is 4.79 Å². The van der Waals surface area contributed by atoms with Gasteiger partial charge in [-0.25, -0.2) is 4.79 Å². The van der Waals surface area contributed by atoms with Crippen molar-refractivity contribution in [2.45, 2.75) is 13.5 Å². The van der Waals surface area contributed by atoms with E-state index in [2.05, 4.69) is 0 Å². The summed E-state index contributed by atoms with van der Waals surface area (Å²) in [5, 5.41) is 0.643. The Morgan fingerprint density at radius 2 is 2.00 bits per heavy atom. The van der Waals surface area contributed by atoms with Crippen LogP contribution in [-0.4, -0.2) is 12.6 Å². The van der Waals surface area contributed by atoms with Crippen molar-refractivity contribution < 1.29 is 14.3 Å². The molecule has 0 unspecified atom stereocenters. The van der Waals surface area contributed by atoms with E-state index < -0.39 is 5.97 Å². The lowest BCUT2D eigenvalue weighted by molar-refractivity contribution is 0.0527. The zero-order valence-electron chi connectivity index (χ0n) is 11.6. The van der Waals surface area contributed by atoms with Crippen LogP contribution >= 0.6 is 11.6 Å². The normalized spacial score (nSPS) is 10.2. The number of hydrogen-bond donors (Lipinski definition) is 1. The van der Waals surface area contributed by atoms with Gasteiger partial charge in [-0.15, -0.1) is 0 Å². The minimum absolute atomic E-state index is 0.276. The molecule has 0 saturated heterocycles. The van der Waals surface area contributed by atoms with E-state index >= 15 is 0 Å². The molecule has 2 aromatic carbocycles. The van der Waals surface area contributed by atoms with Crippen LogP contribution in [0.5, 0.6) is 5.75 Å². The maximum Gasteiger partial charge on any atom is 0.340 e. The Kier molecular flexibility index (Phi) is 5.06. The molecule has 2 rings (SSSR count). The highest BCUT2D eigenvalue weighted by atomic mass is 35.5. The van der Waals surface area contributed by atoms with Crippen LogP contribution in [-0.2, 0) is 11.3 Å². The maximum absolute atomic E-state index is 11.8. The largest absolute Gasteiger partial charge is 0.487 e. The lowest BCUT2D eigenvalue weighted by Crippen LogP contribution is -2.09. The molecule has 0 aliphatic carbocycles. The highest BCUT2D eigenvalue weighted by Gasteiger charge is 2.14. The molecule has 0 aliphatic rings. The summed E-state index contributed by atoms with van der Waals surface area (Å²) < 4.78 is 10.6.